The lowest BCUT2D eigenvalue weighted by atomic mass is 10.1. The summed E-state index contributed by atoms with van der Waals surface area (Å²) in [6, 6.07) is 9.75. The van der Waals surface area contributed by atoms with Crippen LogP contribution in [0.15, 0.2) is 41.2 Å². The van der Waals surface area contributed by atoms with Crippen LogP contribution in [0.2, 0.25) is 5.02 Å². The highest BCUT2D eigenvalue weighted by Crippen LogP contribution is 2.27. The molecule has 4 nitrogen and oxygen atoms in total. The van der Waals surface area contributed by atoms with Crippen LogP contribution in [0.5, 0.6) is 0 Å². The van der Waals surface area contributed by atoms with Crippen molar-refractivity contribution >= 4 is 28.3 Å². The molecular weight excluding hydrogens is 293 g/mol. The van der Waals surface area contributed by atoms with Crippen molar-refractivity contribution < 1.29 is 4.39 Å². The summed E-state index contributed by atoms with van der Waals surface area (Å²) in [7, 11) is 0. The van der Waals surface area contributed by atoms with Gasteiger partial charge < -0.3 is 15.3 Å². The first-order valence-electron chi connectivity index (χ1n) is 6.46. The van der Waals surface area contributed by atoms with Crippen LogP contribution in [0.25, 0.3) is 11.0 Å². The molecule has 0 aliphatic carbocycles. The highest BCUT2D eigenvalue weighted by Gasteiger charge is 2.11. The van der Waals surface area contributed by atoms with Gasteiger partial charge in [-0.25, -0.2) is 9.18 Å². The average Bonchev–Trinajstić information content (AvgIpc) is 2.77. The minimum Gasteiger partial charge on any atom is -0.378 e. The summed E-state index contributed by atoms with van der Waals surface area (Å²) in [6.45, 7) is 1.93. The van der Waals surface area contributed by atoms with Gasteiger partial charge >= 0.3 is 5.69 Å². The number of fused-ring (bicyclic) bond motifs is 1. The maximum atomic E-state index is 13.1. The van der Waals surface area contributed by atoms with E-state index in [0.717, 1.165) is 22.3 Å². The minimum atomic E-state index is -0.359. The lowest BCUT2D eigenvalue weighted by molar-refractivity contribution is 0.626. The number of anilines is 1. The molecule has 1 unspecified atom stereocenters. The molecule has 6 heteroatoms. The molecule has 0 saturated carbocycles. The molecule has 0 spiro atoms. The number of hydrogen-bond donors (Lipinski definition) is 3. The van der Waals surface area contributed by atoms with Gasteiger partial charge in [0.1, 0.15) is 5.82 Å². The number of imidazole rings is 1. The van der Waals surface area contributed by atoms with Crippen molar-refractivity contribution in [2.45, 2.75) is 13.0 Å². The molecule has 3 N–H and O–H groups in total. The summed E-state index contributed by atoms with van der Waals surface area (Å²) in [5.74, 6) is -0.359. The fourth-order valence-corrected chi connectivity index (χ4v) is 2.63. The van der Waals surface area contributed by atoms with Gasteiger partial charge in [0, 0.05) is 16.8 Å². The second-order valence-corrected chi connectivity index (χ2v) is 5.28. The standard InChI is InChI=1S/C15H13ClFN3O/c1-8(11-4-2-9(17)6-12(11)16)18-10-3-5-13-14(7-10)20-15(21)19-13/h2-8,18H,1H3,(H2,19,20,21). The summed E-state index contributed by atoms with van der Waals surface area (Å²) in [4.78, 5) is 16.6. The zero-order chi connectivity index (χ0) is 15.0. The lowest BCUT2D eigenvalue weighted by Gasteiger charge is -2.17. The number of hydrogen-bond acceptors (Lipinski definition) is 2. The Bertz CT molecular complexity index is 855. The fraction of sp³-hybridized carbons (Fsp3) is 0.133. The monoisotopic (exact) mass is 305 g/mol. The molecule has 0 aliphatic heterocycles. The van der Waals surface area contributed by atoms with Crippen LogP contribution in [0, 0.1) is 5.82 Å². The number of aromatic amines is 2. The Kier molecular flexibility index (Phi) is 3.43. The largest absolute Gasteiger partial charge is 0.378 e. The van der Waals surface area contributed by atoms with Crippen molar-refractivity contribution in [2.24, 2.45) is 0 Å². The first kappa shape index (κ1) is 13.7. The van der Waals surface area contributed by atoms with E-state index in [1.54, 1.807) is 6.07 Å². The lowest BCUT2D eigenvalue weighted by Crippen LogP contribution is -2.07. The van der Waals surface area contributed by atoms with E-state index in [1.807, 2.05) is 25.1 Å². The zero-order valence-electron chi connectivity index (χ0n) is 11.2. The fourth-order valence-electron chi connectivity index (χ4n) is 2.30. The summed E-state index contributed by atoms with van der Waals surface area (Å²) < 4.78 is 13.1. The van der Waals surface area contributed by atoms with Crippen LogP contribution in [-0.4, -0.2) is 9.97 Å². The Hall–Kier alpha value is -2.27. The second kappa shape index (κ2) is 5.26. The first-order valence-corrected chi connectivity index (χ1v) is 6.84. The van der Waals surface area contributed by atoms with Gasteiger partial charge in [0.15, 0.2) is 0 Å². The van der Waals surface area contributed by atoms with Crippen molar-refractivity contribution in [1.29, 1.82) is 0 Å². The van der Waals surface area contributed by atoms with Crippen molar-refractivity contribution in [3.05, 3.63) is 63.3 Å². The van der Waals surface area contributed by atoms with E-state index in [4.69, 9.17) is 11.6 Å². The molecular formula is C15H13ClFN3O. The molecule has 1 atom stereocenters. The molecule has 0 radical (unpaired) electrons. The molecule has 3 rings (SSSR count). The topological polar surface area (TPSA) is 60.7 Å². The number of halogens is 2. The number of aromatic nitrogens is 2. The molecule has 3 aromatic rings. The smallest absolute Gasteiger partial charge is 0.323 e. The van der Waals surface area contributed by atoms with Gasteiger partial charge in [-0.05, 0) is 42.8 Å². The summed E-state index contributed by atoms with van der Waals surface area (Å²) >= 11 is 6.06. The zero-order valence-corrected chi connectivity index (χ0v) is 12.0. The van der Waals surface area contributed by atoms with Crippen LogP contribution in [-0.2, 0) is 0 Å². The Morgan fingerprint density at radius 2 is 1.90 bits per heavy atom. The number of rotatable bonds is 3. The Morgan fingerprint density at radius 3 is 2.67 bits per heavy atom. The van der Waals surface area contributed by atoms with Crippen LogP contribution in [0.3, 0.4) is 0 Å². The van der Waals surface area contributed by atoms with Crippen LogP contribution >= 0.6 is 11.6 Å². The number of nitrogens with one attached hydrogen (secondary N) is 3. The van der Waals surface area contributed by atoms with E-state index < -0.39 is 0 Å². The number of H-pyrrole nitrogens is 2. The molecule has 0 saturated heterocycles. The van der Waals surface area contributed by atoms with E-state index >= 15 is 0 Å². The third-order valence-corrected chi connectivity index (χ3v) is 3.66. The van der Waals surface area contributed by atoms with Crippen LogP contribution in [0.4, 0.5) is 10.1 Å². The van der Waals surface area contributed by atoms with Crippen molar-refractivity contribution in [3.63, 3.8) is 0 Å². The highest BCUT2D eigenvalue weighted by atomic mass is 35.5. The Labute approximate surface area is 125 Å². The molecule has 1 heterocycles. The SMILES string of the molecule is CC(Nc1ccc2[nH]c(=O)[nH]c2c1)c1ccc(F)cc1Cl. The molecule has 0 aliphatic rings. The third-order valence-electron chi connectivity index (χ3n) is 3.33. The van der Waals surface area contributed by atoms with Gasteiger partial charge in [-0.3, -0.25) is 0 Å². The van der Waals surface area contributed by atoms with E-state index in [9.17, 15) is 9.18 Å². The average molecular weight is 306 g/mol. The molecule has 0 fully saturated rings. The molecule has 2 aromatic carbocycles. The first-order chi connectivity index (χ1) is 10.0. The summed E-state index contributed by atoms with van der Waals surface area (Å²) in [5.41, 5.74) is 2.88. The van der Waals surface area contributed by atoms with Gasteiger partial charge in [-0.15, -0.1) is 0 Å². The second-order valence-electron chi connectivity index (χ2n) is 4.87. The van der Waals surface area contributed by atoms with Crippen molar-refractivity contribution in [3.8, 4) is 0 Å². The normalized spacial score (nSPS) is 12.5. The number of benzene rings is 2. The van der Waals surface area contributed by atoms with Crippen molar-refractivity contribution in [2.75, 3.05) is 5.32 Å². The molecule has 0 amide bonds. The van der Waals surface area contributed by atoms with Crippen LogP contribution < -0.4 is 11.0 Å². The third kappa shape index (κ3) is 2.78. The minimum absolute atomic E-state index is 0.0961. The van der Waals surface area contributed by atoms with E-state index in [-0.39, 0.29) is 17.5 Å². The van der Waals surface area contributed by atoms with Gasteiger partial charge in [-0.1, -0.05) is 17.7 Å². The Balaban J connectivity index is 1.88. The predicted molar refractivity (Wildman–Crippen MR) is 82.4 cm³/mol. The maximum Gasteiger partial charge on any atom is 0.323 e. The summed E-state index contributed by atoms with van der Waals surface area (Å²) in [5, 5.41) is 3.66. The quantitative estimate of drug-likeness (QED) is 0.689. The van der Waals surface area contributed by atoms with E-state index in [0.29, 0.717) is 5.02 Å². The highest BCUT2D eigenvalue weighted by molar-refractivity contribution is 6.31. The Morgan fingerprint density at radius 1 is 1.14 bits per heavy atom. The molecule has 0 bridgehead atoms. The molecule has 108 valence electrons. The van der Waals surface area contributed by atoms with Gasteiger partial charge in [0.25, 0.3) is 0 Å². The molecule has 1 aromatic heterocycles. The predicted octanol–water partition coefficient (Wildman–Crippen LogP) is 3.82. The van der Waals surface area contributed by atoms with Gasteiger partial charge in [-0.2, -0.15) is 0 Å². The van der Waals surface area contributed by atoms with Gasteiger partial charge in [0.05, 0.1) is 11.0 Å². The summed E-state index contributed by atoms with van der Waals surface area (Å²) in [6.07, 6.45) is 0. The van der Waals surface area contributed by atoms with Gasteiger partial charge in [0.2, 0.25) is 0 Å². The van der Waals surface area contributed by atoms with E-state index in [1.165, 1.54) is 12.1 Å². The molecule has 21 heavy (non-hydrogen) atoms. The van der Waals surface area contributed by atoms with Crippen LogP contribution in [0.1, 0.15) is 18.5 Å². The van der Waals surface area contributed by atoms with E-state index in [2.05, 4.69) is 15.3 Å². The maximum absolute atomic E-state index is 13.1. The van der Waals surface area contributed by atoms with Crippen molar-refractivity contribution in [1.82, 2.24) is 9.97 Å².